The molecule has 0 saturated carbocycles. The summed E-state index contributed by atoms with van der Waals surface area (Å²) in [6, 6.07) is 0.0116. The van der Waals surface area contributed by atoms with Crippen LogP contribution in [0.25, 0.3) is 0 Å². The number of likely N-dealkylation sites (N-methyl/N-ethyl adjacent to an activating group) is 1. The van der Waals surface area contributed by atoms with Crippen LogP contribution in [0.2, 0.25) is 0 Å². The van der Waals surface area contributed by atoms with Crippen LogP contribution in [0, 0.1) is 5.92 Å². The summed E-state index contributed by atoms with van der Waals surface area (Å²) in [7, 11) is 1.72. The van der Waals surface area contributed by atoms with Crippen molar-refractivity contribution in [2.75, 3.05) is 13.6 Å². The number of nitrogens with zero attached hydrogens (tertiary/aromatic N) is 1. The third kappa shape index (κ3) is 7.51. The van der Waals surface area contributed by atoms with E-state index in [1.807, 2.05) is 20.8 Å². The number of rotatable bonds is 4. The van der Waals surface area contributed by atoms with E-state index in [9.17, 15) is 4.79 Å². The SMILES string of the molecule is CC(C)CC(N)CN(C)C(=O)OC(C)(C)C. The zero-order valence-corrected chi connectivity index (χ0v) is 11.4. The fourth-order valence-electron chi connectivity index (χ4n) is 1.45. The summed E-state index contributed by atoms with van der Waals surface area (Å²) in [5.74, 6) is 0.544. The Morgan fingerprint density at radius 3 is 2.25 bits per heavy atom. The first kappa shape index (κ1) is 15.2. The van der Waals surface area contributed by atoms with Crippen LogP contribution in [0.1, 0.15) is 41.0 Å². The monoisotopic (exact) mass is 230 g/mol. The summed E-state index contributed by atoms with van der Waals surface area (Å²) in [5.41, 5.74) is 5.48. The van der Waals surface area contributed by atoms with E-state index >= 15 is 0 Å². The van der Waals surface area contributed by atoms with E-state index < -0.39 is 5.60 Å². The minimum Gasteiger partial charge on any atom is -0.444 e. The van der Waals surface area contributed by atoms with Gasteiger partial charge in [-0.25, -0.2) is 4.79 Å². The van der Waals surface area contributed by atoms with Crippen LogP contribution < -0.4 is 5.73 Å². The number of hydrogen-bond acceptors (Lipinski definition) is 3. The molecular weight excluding hydrogens is 204 g/mol. The highest BCUT2D eigenvalue weighted by Gasteiger charge is 2.20. The predicted octanol–water partition coefficient (Wildman–Crippen LogP) is 2.23. The molecule has 0 aliphatic heterocycles. The highest BCUT2D eigenvalue weighted by atomic mass is 16.6. The Balaban J connectivity index is 4.05. The van der Waals surface area contributed by atoms with Crippen LogP contribution in [0.3, 0.4) is 0 Å². The Morgan fingerprint density at radius 1 is 1.38 bits per heavy atom. The molecule has 1 unspecified atom stereocenters. The van der Waals surface area contributed by atoms with Gasteiger partial charge in [-0.05, 0) is 33.1 Å². The minimum atomic E-state index is -0.451. The van der Waals surface area contributed by atoms with Crippen molar-refractivity contribution in [3.63, 3.8) is 0 Å². The lowest BCUT2D eigenvalue weighted by Crippen LogP contribution is -2.41. The molecular formula is C12H26N2O2. The first-order valence-corrected chi connectivity index (χ1v) is 5.81. The normalized spacial score (nSPS) is 13.8. The van der Waals surface area contributed by atoms with Crippen LogP contribution in [0.4, 0.5) is 4.79 Å². The van der Waals surface area contributed by atoms with Crippen LogP contribution in [0.5, 0.6) is 0 Å². The van der Waals surface area contributed by atoms with Crippen LogP contribution >= 0.6 is 0 Å². The summed E-state index contributed by atoms with van der Waals surface area (Å²) in [5, 5.41) is 0. The highest BCUT2D eigenvalue weighted by Crippen LogP contribution is 2.10. The van der Waals surface area contributed by atoms with E-state index in [2.05, 4.69) is 13.8 Å². The first-order chi connectivity index (χ1) is 7.11. The Hall–Kier alpha value is -0.770. The van der Waals surface area contributed by atoms with Crippen LogP contribution in [-0.4, -0.2) is 36.2 Å². The van der Waals surface area contributed by atoms with Gasteiger partial charge in [0, 0.05) is 19.6 Å². The van der Waals surface area contributed by atoms with E-state index in [1.165, 1.54) is 4.90 Å². The summed E-state index contributed by atoms with van der Waals surface area (Å²) < 4.78 is 5.24. The zero-order valence-electron chi connectivity index (χ0n) is 11.4. The number of carbonyl (C=O) groups is 1. The Morgan fingerprint density at radius 2 is 1.88 bits per heavy atom. The number of amides is 1. The molecule has 0 radical (unpaired) electrons. The van der Waals surface area contributed by atoms with Crippen molar-refractivity contribution >= 4 is 6.09 Å². The van der Waals surface area contributed by atoms with Crippen molar-refractivity contribution in [3.8, 4) is 0 Å². The van der Waals surface area contributed by atoms with Crippen molar-refractivity contribution in [2.24, 2.45) is 11.7 Å². The second-order valence-electron chi connectivity index (χ2n) is 5.75. The second kappa shape index (κ2) is 6.09. The molecule has 16 heavy (non-hydrogen) atoms. The number of hydrogen-bond donors (Lipinski definition) is 1. The highest BCUT2D eigenvalue weighted by molar-refractivity contribution is 5.67. The van der Waals surface area contributed by atoms with E-state index in [0.29, 0.717) is 12.5 Å². The Labute approximate surface area is 99.1 Å². The van der Waals surface area contributed by atoms with Gasteiger partial charge in [-0.1, -0.05) is 13.8 Å². The molecule has 0 aromatic carbocycles. The second-order valence-corrected chi connectivity index (χ2v) is 5.75. The lowest BCUT2D eigenvalue weighted by Gasteiger charge is -2.26. The minimum absolute atomic E-state index is 0.0116. The molecule has 96 valence electrons. The van der Waals surface area contributed by atoms with Crippen LogP contribution in [0.15, 0.2) is 0 Å². The molecule has 0 saturated heterocycles. The molecule has 1 amide bonds. The molecule has 0 spiro atoms. The van der Waals surface area contributed by atoms with Gasteiger partial charge in [-0.2, -0.15) is 0 Å². The summed E-state index contributed by atoms with van der Waals surface area (Å²) in [6.45, 7) is 10.3. The lowest BCUT2D eigenvalue weighted by molar-refractivity contribution is 0.0286. The van der Waals surface area contributed by atoms with Gasteiger partial charge in [0.25, 0.3) is 0 Å². The van der Waals surface area contributed by atoms with Crippen molar-refractivity contribution in [1.82, 2.24) is 4.90 Å². The Bertz CT molecular complexity index is 222. The van der Waals surface area contributed by atoms with Gasteiger partial charge in [0.2, 0.25) is 0 Å². The fourth-order valence-corrected chi connectivity index (χ4v) is 1.45. The average molecular weight is 230 g/mol. The first-order valence-electron chi connectivity index (χ1n) is 5.81. The van der Waals surface area contributed by atoms with Crippen molar-refractivity contribution in [3.05, 3.63) is 0 Å². The molecule has 4 nitrogen and oxygen atoms in total. The number of carbonyl (C=O) groups excluding carboxylic acids is 1. The molecule has 0 bridgehead atoms. The van der Waals surface area contributed by atoms with Gasteiger partial charge in [0.05, 0.1) is 0 Å². The van der Waals surface area contributed by atoms with Gasteiger partial charge in [0.15, 0.2) is 0 Å². The maximum atomic E-state index is 11.6. The number of ether oxygens (including phenoxy) is 1. The van der Waals surface area contributed by atoms with Gasteiger partial charge in [-0.3, -0.25) is 0 Å². The fraction of sp³-hybridized carbons (Fsp3) is 0.917. The van der Waals surface area contributed by atoms with E-state index in [1.54, 1.807) is 7.05 Å². The quantitative estimate of drug-likeness (QED) is 0.805. The molecule has 0 aliphatic rings. The summed E-state index contributed by atoms with van der Waals surface area (Å²) in [6.07, 6.45) is 0.597. The van der Waals surface area contributed by atoms with Gasteiger partial charge in [0.1, 0.15) is 5.60 Å². The smallest absolute Gasteiger partial charge is 0.410 e. The molecule has 0 aliphatic carbocycles. The molecule has 0 aromatic heterocycles. The molecule has 0 heterocycles. The molecule has 2 N–H and O–H groups in total. The van der Waals surface area contributed by atoms with Gasteiger partial charge in [-0.15, -0.1) is 0 Å². The molecule has 0 aromatic rings. The topological polar surface area (TPSA) is 55.6 Å². The van der Waals surface area contributed by atoms with E-state index in [0.717, 1.165) is 6.42 Å². The standard InChI is InChI=1S/C12H26N2O2/c1-9(2)7-10(13)8-14(6)11(15)16-12(3,4)5/h9-10H,7-8,13H2,1-6H3. The zero-order chi connectivity index (χ0) is 12.9. The van der Waals surface area contributed by atoms with Crippen molar-refractivity contribution in [2.45, 2.75) is 52.7 Å². The van der Waals surface area contributed by atoms with Gasteiger partial charge < -0.3 is 15.4 Å². The van der Waals surface area contributed by atoms with Crippen molar-refractivity contribution < 1.29 is 9.53 Å². The maximum Gasteiger partial charge on any atom is 0.410 e. The number of nitrogens with two attached hydrogens (primary N) is 1. The third-order valence-corrected chi connectivity index (χ3v) is 1.99. The lowest BCUT2D eigenvalue weighted by atomic mass is 10.0. The average Bonchev–Trinajstić information content (AvgIpc) is 1.98. The van der Waals surface area contributed by atoms with Crippen LogP contribution in [-0.2, 0) is 4.74 Å². The maximum absolute atomic E-state index is 11.6. The largest absolute Gasteiger partial charge is 0.444 e. The van der Waals surface area contributed by atoms with Gasteiger partial charge >= 0.3 is 6.09 Å². The third-order valence-electron chi connectivity index (χ3n) is 1.99. The molecule has 4 heteroatoms. The predicted molar refractivity (Wildman–Crippen MR) is 66.3 cm³/mol. The van der Waals surface area contributed by atoms with Crippen molar-refractivity contribution in [1.29, 1.82) is 0 Å². The summed E-state index contributed by atoms with van der Waals surface area (Å²) >= 11 is 0. The Kier molecular flexibility index (Phi) is 5.79. The molecule has 1 atom stereocenters. The summed E-state index contributed by atoms with van der Waals surface area (Å²) in [4.78, 5) is 13.2. The molecule has 0 fully saturated rings. The van der Waals surface area contributed by atoms with E-state index in [4.69, 9.17) is 10.5 Å². The molecule has 0 rings (SSSR count). The van der Waals surface area contributed by atoms with E-state index in [-0.39, 0.29) is 12.1 Å².